The minimum Gasteiger partial charge on any atom is -0.381 e. The first kappa shape index (κ1) is 12.0. The van der Waals surface area contributed by atoms with E-state index in [-0.39, 0.29) is 11.8 Å². The maximum Gasteiger partial charge on any atom is 0.248 e. The highest BCUT2D eigenvalue weighted by Gasteiger charge is 2.26. The van der Waals surface area contributed by atoms with Gasteiger partial charge in [-0.3, -0.25) is 15.2 Å². The van der Waals surface area contributed by atoms with Crippen molar-refractivity contribution in [3.8, 4) is 0 Å². The van der Waals surface area contributed by atoms with Gasteiger partial charge >= 0.3 is 0 Å². The largest absolute Gasteiger partial charge is 0.381 e. The normalized spacial score (nSPS) is 18.9. The van der Waals surface area contributed by atoms with Gasteiger partial charge in [0.2, 0.25) is 11.9 Å². The molecule has 1 aliphatic rings. The zero-order chi connectivity index (χ0) is 12.3. The van der Waals surface area contributed by atoms with Crippen LogP contribution in [-0.2, 0) is 9.53 Å². The smallest absolute Gasteiger partial charge is 0.248 e. The molecule has 6 heteroatoms. The van der Waals surface area contributed by atoms with E-state index >= 15 is 0 Å². The van der Waals surface area contributed by atoms with Crippen molar-refractivity contribution >= 4 is 11.9 Å². The van der Waals surface area contributed by atoms with Gasteiger partial charge in [-0.25, -0.2) is 0 Å². The topological polar surface area (TPSA) is 79.9 Å². The van der Waals surface area contributed by atoms with E-state index in [4.69, 9.17) is 4.74 Å². The molecule has 0 spiro atoms. The lowest BCUT2D eigenvalue weighted by Gasteiger charge is -2.26. The van der Waals surface area contributed by atoms with Gasteiger partial charge < -0.3 is 4.74 Å². The van der Waals surface area contributed by atoms with Crippen LogP contribution in [0.4, 0.5) is 5.95 Å². The molecule has 0 bridgehead atoms. The Kier molecular flexibility index (Phi) is 3.73. The highest BCUT2D eigenvalue weighted by atomic mass is 16.5. The number of nitrogens with zero attached hydrogens (tertiary/aromatic N) is 2. The fourth-order valence-electron chi connectivity index (χ4n) is 2.05. The van der Waals surface area contributed by atoms with Crippen molar-refractivity contribution in [2.75, 3.05) is 18.5 Å². The Balaban J connectivity index is 1.90. The van der Waals surface area contributed by atoms with Crippen LogP contribution in [0.25, 0.3) is 0 Å². The molecule has 1 saturated heterocycles. The second-order valence-corrected chi connectivity index (χ2v) is 4.47. The lowest BCUT2D eigenvalue weighted by molar-refractivity contribution is -0.122. The number of rotatable bonds is 3. The van der Waals surface area contributed by atoms with Crippen LogP contribution in [0.5, 0.6) is 0 Å². The second kappa shape index (κ2) is 5.27. The predicted octanol–water partition coefficient (Wildman–Crippen LogP) is 1.11. The van der Waals surface area contributed by atoms with Crippen molar-refractivity contribution in [1.29, 1.82) is 0 Å². The molecular weight excluding hydrogens is 220 g/mol. The monoisotopic (exact) mass is 238 g/mol. The van der Waals surface area contributed by atoms with Gasteiger partial charge in [0.15, 0.2) is 0 Å². The quantitative estimate of drug-likeness (QED) is 0.826. The Bertz CT molecular complexity index is 385. The third-order valence-electron chi connectivity index (χ3n) is 3.22. The van der Waals surface area contributed by atoms with Crippen LogP contribution in [0.15, 0.2) is 0 Å². The molecule has 1 fully saturated rings. The summed E-state index contributed by atoms with van der Waals surface area (Å²) in [5.41, 5.74) is 0. The lowest BCUT2D eigenvalue weighted by atomic mass is 9.87. The van der Waals surface area contributed by atoms with E-state index in [1.807, 2.05) is 6.92 Å². The van der Waals surface area contributed by atoms with Crippen molar-refractivity contribution in [3.05, 3.63) is 5.82 Å². The number of carbonyl (C=O) groups is 1. The van der Waals surface area contributed by atoms with Gasteiger partial charge in [-0.1, -0.05) is 6.92 Å². The number of anilines is 1. The lowest BCUT2D eigenvalue weighted by Crippen LogP contribution is -2.31. The minimum atomic E-state index is -0.0299. The van der Waals surface area contributed by atoms with Gasteiger partial charge in [0, 0.05) is 19.1 Å². The van der Waals surface area contributed by atoms with Gasteiger partial charge in [-0.05, 0) is 25.7 Å². The summed E-state index contributed by atoms with van der Waals surface area (Å²) in [5, 5.41) is 9.31. The molecule has 0 radical (unpaired) electrons. The van der Waals surface area contributed by atoms with E-state index in [0.29, 0.717) is 17.7 Å². The number of aromatic nitrogens is 3. The standard InChI is InChI=1S/C11H18N4O2/c1-7(9-3-5-17-6-4-9)10(16)13-11-12-8(2)14-15-11/h7,9H,3-6H2,1-2H3,(H2,12,13,14,15,16). The van der Waals surface area contributed by atoms with Gasteiger partial charge in [-0.2, -0.15) is 4.98 Å². The van der Waals surface area contributed by atoms with Crippen LogP contribution >= 0.6 is 0 Å². The molecule has 1 aromatic heterocycles. The summed E-state index contributed by atoms with van der Waals surface area (Å²) < 4.78 is 5.29. The maximum absolute atomic E-state index is 12.0. The maximum atomic E-state index is 12.0. The molecule has 0 saturated carbocycles. The molecule has 1 amide bonds. The zero-order valence-corrected chi connectivity index (χ0v) is 10.2. The van der Waals surface area contributed by atoms with E-state index in [2.05, 4.69) is 20.5 Å². The SMILES string of the molecule is Cc1nc(NC(=O)C(C)C2CCOCC2)n[nH]1. The fourth-order valence-corrected chi connectivity index (χ4v) is 2.05. The average Bonchev–Trinajstić information content (AvgIpc) is 2.75. The minimum absolute atomic E-state index is 0.0177. The molecular formula is C11H18N4O2. The number of H-pyrrole nitrogens is 1. The number of aromatic amines is 1. The average molecular weight is 238 g/mol. The number of ether oxygens (including phenoxy) is 1. The first-order valence-electron chi connectivity index (χ1n) is 5.94. The van der Waals surface area contributed by atoms with Gasteiger partial charge in [0.25, 0.3) is 0 Å². The summed E-state index contributed by atoms with van der Waals surface area (Å²) >= 11 is 0. The third-order valence-corrected chi connectivity index (χ3v) is 3.22. The van der Waals surface area contributed by atoms with E-state index < -0.39 is 0 Å². The fraction of sp³-hybridized carbons (Fsp3) is 0.727. The Morgan fingerprint density at radius 3 is 2.82 bits per heavy atom. The van der Waals surface area contributed by atoms with E-state index in [9.17, 15) is 4.79 Å². The number of aryl methyl sites for hydroxylation is 1. The summed E-state index contributed by atoms with van der Waals surface area (Å²) in [4.78, 5) is 16.0. The van der Waals surface area contributed by atoms with Crippen molar-refractivity contribution < 1.29 is 9.53 Å². The molecule has 2 rings (SSSR count). The number of nitrogens with one attached hydrogen (secondary N) is 2. The van der Waals surface area contributed by atoms with Crippen molar-refractivity contribution in [3.63, 3.8) is 0 Å². The Morgan fingerprint density at radius 1 is 1.53 bits per heavy atom. The number of hydrogen-bond donors (Lipinski definition) is 2. The van der Waals surface area contributed by atoms with Gasteiger partial charge in [0.05, 0.1) is 0 Å². The van der Waals surface area contributed by atoms with Crippen LogP contribution in [0, 0.1) is 18.8 Å². The predicted molar refractivity (Wildman–Crippen MR) is 62.5 cm³/mol. The van der Waals surface area contributed by atoms with Crippen LogP contribution in [0.3, 0.4) is 0 Å². The number of carbonyl (C=O) groups excluding carboxylic acids is 1. The molecule has 1 aliphatic heterocycles. The Labute approximate surface area is 100 Å². The van der Waals surface area contributed by atoms with Crippen molar-refractivity contribution in [1.82, 2.24) is 15.2 Å². The molecule has 2 heterocycles. The molecule has 6 nitrogen and oxygen atoms in total. The highest BCUT2D eigenvalue weighted by molar-refractivity contribution is 5.90. The second-order valence-electron chi connectivity index (χ2n) is 4.47. The van der Waals surface area contributed by atoms with Crippen molar-refractivity contribution in [2.24, 2.45) is 11.8 Å². The Morgan fingerprint density at radius 2 is 2.24 bits per heavy atom. The Hall–Kier alpha value is -1.43. The molecule has 0 aliphatic carbocycles. The van der Waals surface area contributed by atoms with Crippen LogP contribution in [0.2, 0.25) is 0 Å². The summed E-state index contributed by atoms with van der Waals surface area (Å²) in [6, 6.07) is 0. The van der Waals surface area contributed by atoms with E-state index in [1.165, 1.54) is 0 Å². The summed E-state index contributed by atoms with van der Waals surface area (Å²) in [6.45, 7) is 5.25. The van der Waals surface area contributed by atoms with Crippen LogP contribution in [-0.4, -0.2) is 34.3 Å². The molecule has 1 unspecified atom stereocenters. The van der Waals surface area contributed by atoms with E-state index in [1.54, 1.807) is 6.92 Å². The molecule has 2 N–H and O–H groups in total. The molecule has 1 aromatic rings. The summed E-state index contributed by atoms with van der Waals surface area (Å²) in [7, 11) is 0. The van der Waals surface area contributed by atoms with E-state index in [0.717, 1.165) is 26.1 Å². The molecule has 1 atom stereocenters. The zero-order valence-electron chi connectivity index (χ0n) is 10.2. The molecule has 17 heavy (non-hydrogen) atoms. The van der Waals surface area contributed by atoms with Gasteiger partial charge in [-0.15, -0.1) is 5.10 Å². The highest BCUT2D eigenvalue weighted by Crippen LogP contribution is 2.24. The number of hydrogen-bond acceptors (Lipinski definition) is 4. The first-order chi connectivity index (χ1) is 8.16. The number of amides is 1. The van der Waals surface area contributed by atoms with Crippen LogP contribution in [0.1, 0.15) is 25.6 Å². The summed E-state index contributed by atoms with van der Waals surface area (Å²) in [5.74, 6) is 1.39. The van der Waals surface area contributed by atoms with Crippen LogP contribution < -0.4 is 5.32 Å². The molecule has 0 aromatic carbocycles. The van der Waals surface area contributed by atoms with Crippen molar-refractivity contribution in [2.45, 2.75) is 26.7 Å². The summed E-state index contributed by atoms with van der Waals surface area (Å²) in [6.07, 6.45) is 1.89. The molecule has 94 valence electrons. The van der Waals surface area contributed by atoms with Gasteiger partial charge in [0.1, 0.15) is 5.82 Å². The first-order valence-corrected chi connectivity index (χ1v) is 5.94. The third kappa shape index (κ3) is 3.03.